The molecule has 2 heterocycles. The first kappa shape index (κ1) is 13.2. The minimum absolute atomic E-state index is 0.0859. The number of hydrogen-bond donors (Lipinski definition) is 3. The number of carbonyl (C=O) groups is 2. The van der Waals surface area contributed by atoms with Gasteiger partial charge >= 0.3 is 5.97 Å². The zero-order chi connectivity index (χ0) is 13.5. The number of hydrogen-bond acceptors (Lipinski definition) is 6. The van der Waals surface area contributed by atoms with Crippen LogP contribution in [0.4, 0.5) is 0 Å². The Kier molecular flexibility index (Phi) is 3.30. The van der Waals surface area contributed by atoms with E-state index in [1.54, 1.807) is 0 Å². The van der Waals surface area contributed by atoms with Gasteiger partial charge in [-0.15, -0.1) is 0 Å². The summed E-state index contributed by atoms with van der Waals surface area (Å²) in [4.78, 5) is 23.6. The van der Waals surface area contributed by atoms with Gasteiger partial charge in [0.25, 0.3) is 0 Å². The van der Waals surface area contributed by atoms with Crippen LogP contribution in [0.15, 0.2) is 0 Å². The molecule has 3 unspecified atom stereocenters. The highest BCUT2D eigenvalue weighted by Gasteiger charge is 2.45. The first-order chi connectivity index (χ1) is 8.30. The molecule has 8 nitrogen and oxygen atoms in total. The number of carboxylic acids is 1. The second-order valence-corrected chi connectivity index (χ2v) is 6.70. The molecule has 0 aromatic heterocycles. The van der Waals surface area contributed by atoms with Crippen molar-refractivity contribution in [3.8, 4) is 0 Å². The van der Waals surface area contributed by atoms with Crippen molar-refractivity contribution in [2.75, 3.05) is 24.6 Å². The zero-order valence-corrected chi connectivity index (χ0v) is 10.3. The minimum Gasteiger partial charge on any atom is -0.480 e. The molecule has 2 fully saturated rings. The van der Waals surface area contributed by atoms with E-state index in [0.29, 0.717) is 0 Å². The molecule has 18 heavy (non-hydrogen) atoms. The maximum atomic E-state index is 11.4. The zero-order valence-electron chi connectivity index (χ0n) is 9.44. The van der Waals surface area contributed by atoms with Crippen LogP contribution in [0.1, 0.15) is 0 Å². The molecule has 2 aliphatic heterocycles. The van der Waals surface area contributed by atoms with Gasteiger partial charge in [-0.3, -0.25) is 14.5 Å². The van der Waals surface area contributed by atoms with Gasteiger partial charge in [0, 0.05) is 6.54 Å². The molecule has 0 aromatic rings. The predicted octanol–water partition coefficient (Wildman–Crippen LogP) is -2.97. The number of carbonyl (C=O) groups excluding carboxylic acids is 1. The Balaban J connectivity index is 2.23. The van der Waals surface area contributed by atoms with E-state index in [1.807, 2.05) is 0 Å². The molecule has 0 aliphatic carbocycles. The molecule has 0 bridgehead atoms. The molecule has 3 atom stereocenters. The van der Waals surface area contributed by atoms with E-state index < -0.39 is 34.0 Å². The molecule has 2 aliphatic rings. The molecular weight excluding hydrogens is 264 g/mol. The molecule has 0 spiro atoms. The van der Waals surface area contributed by atoms with E-state index in [2.05, 4.69) is 5.32 Å². The summed E-state index contributed by atoms with van der Waals surface area (Å²) in [5.41, 5.74) is 0. The lowest BCUT2D eigenvalue weighted by molar-refractivity contribution is -0.148. The largest absolute Gasteiger partial charge is 0.480 e. The lowest BCUT2D eigenvalue weighted by atomic mass is 10.1. The van der Waals surface area contributed by atoms with E-state index in [4.69, 9.17) is 5.11 Å². The van der Waals surface area contributed by atoms with E-state index in [-0.39, 0.29) is 30.5 Å². The second kappa shape index (κ2) is 4.48. The van der Waals surface area contributed by atoms with Crippen molar-refractivity contribution in [3.05, 3.63) is 0 Å². The van der Waals surface area contributed by atoms with Gasteiger partial charge in [0.1, 0.15) is 6.04 Å². The highest BCUT2D eigenvalue weighted by atomic mass is 32.2. The number of piperazine rings is 1. The van der Waals surface area contributed by atoms with Crippen LogP contribution in [-0.2, 0) is 19.4 Å². The molecule has 9 heteroatoms. The third-order valence-corrected chi connectivity index (χ3v) is 4.92. The van der Waals surface area contributed by atoms with Crippen LogP contribution < -0.4 is 5.32 Å². The first-order valence-corrected chi connectivity index (χ1v) is 7.26. The SMILES string of the molecule is O=C1CN(C2CS(=O)(=O)CC2O)C(C(=O)O)CN1. The number of aliphatic carboxylic acids is 1. The van der Waals surface area contributed by atoms with Gasteiger partial charge in [-0.05, 0) is 0 Å². The molecule has 2 rings (SSSR count). The third kappa shape index (κ3) is 2.47. The van der Waals surface area contributed by atoms with Gasteiger partial charge < -0.3 is 15.5 Å². The number of carboxylic acid groups (broad SMARTS) is 1. The number of nitrogens with zero attached hydrogens (tertiary/aromatic N) is 1. The van der Waals surface area contributed by atoms with Crippen molar-refractivity contribution in [1.82, 2.24) is 10.2 Å². The van der Waals surface area contributed by atoms with Crippen molar-refractivity contribution in [1.29, 1.82) is 0 Å². The van der Waals surface area contributed by atoms with Crippen LogP contribution in [0, 0.1) is 0 Å². The van der Waals surface area contributed by atoms with Crippen LogP contribution in [0.5, 0.6) is 0 Å². The fraction of sp³-hybridized carbons (Fsp3) is 0.778. The fourth-order valence-corrected chi connectivity index (χ4v) is 4.18. The number of amides is 1. The maximum absolute atomic E-state index is 11.4. The van der Waals surface area contributed by atoms with Gasteiger partial charge in [-0.25, -0.2) is 8.42 Å². The van der Waals surface area contributed by atoms with E-state index in [1.165, 1.54) is 4.90 Å². The quantitative estimate of drug-likeness (QED) is 0.492. The molecule has 0 saturated carbocycles. The molecule has 0 radical (unpaired) electrons. The summed E-state index contributed by atoms with van der Waals surface area (Å²) in [6.07, 6.45) is -1.15. The number of rotatable bonds is 2. The topological polar surface area (TPSA) is 124 Å². The third-order valence-electron chi connectivity index (χ3n) is 3.22. The molecular formula is C9H14N2O6S. The fourth-order valence-electron chi connectivity index (χ4n) is 2.36. The average Bonchev–Trinajstić information content (AvgIpc) is 2.51. The van der Waals surface area contributed by atoms with Crippen LogP contribution in [0.3, 0.4) is 0 Å². The number of aliphatic hydroxyl groups is 1. The standard InChI is InChI=1S/C9H14N2O6S/c12-7-4-18(16,17)3-6(7)11-2-8(13)10-1-5(11)9(14)15/h5-7,12H,1-4H2,(H,10,13)(H,14,15). The van der Waals surface area contributed by atoms with Crippen molar-refractivity contribution < 1.29 is 28.2 Å². The Morgan fingerprint density at radius 2 is 2.06 bits per heavy atom. The summed E-state index contributed by atoms with van der Waals surface area (Å²) < 4.78 is 22.8. The van der Waals surface area contributed by atoms with Crippen LogP contribution in [-0.4, -0.2) is 78.2 Å². The number of sulfone groups is 1. The van der Waals surface area contributed by atoms with Crippen molar-refractivity contribution in [3.63, 3.8) is 0 Å². The van der Waals surface area contributed by atoms with Gasteiger partial charge in [0.15, 0.2) is 9.84 Å². The van der Waals surface area contributed by atoms with E-state index in [0.717, 1.165) is 0 Å². The van der Waals surface area contributed by atoms with Gasteiger partial charge in [0.05, 0.1) is 30.2 Å². The van der Waals surface area contributed by atoms with Crippen molar-refractivity contribution in [2.45, 2.75) is 18.2 Å². The normalized spacial score (nSPS) is 36.3. The molecule has 3 N–H and O–H groups in total. The number of nitrogens with one attached hydrogen (secondary N) is 1. The first-order valence-electron chi connectivity index (χ1n) is 5.44. The second-order valence-electron chi connectivity index (χ2n) is 4.54. The summed E-state index contributed by atoms with van der Waals surface area (Å²) in [5, 5.41) is 21.2. The molecule has 102 valence electrons. The Hall–Kier alpha value is -1.19. The van der Waals surface area contributed by atoms with E-state index >= 15 is 0 Å². The maximum Gasteiger partial charge on any atom is 0.322 e. The highest BCUT2D eigenvalue weighted by Crippen LogP contribution is 2.21. The highest BCUT2D eigenvalue weighted by molar-refractivity contribution is 7.91. The Bertz CT molecular complexity index is 475. The van der Waals surface area contributed by atoms with Gasteiger partial charge in [0.2, 0.25) is 5.91 Å². The van der Waals surface area contributed by atoms with Crippen LogP contribution in [0.25, 0.3) is 0 Å². The molecule has 0 aromatic carbocycles. The number of aliphatic hydroxyl groups excluding tert-OH is 1. The van der Waals surface area contributed by atoms with Crippen molar-refractivity contribution in [2.24, 2.45) is 0 Å². The lowest BCUT2D eigenvalue weighted by Crippen LogP contribution is -2.62. The lowest BCUT2D eigenvalue weighted by Gasteiger charge is -2.37. The summed E-state index contributed by atoms with van der Waals surface area (Å²) in [6.45, 7) is -0.300. The summed E-state index contributed by atoms with van der Waals surface area (Å²) in [6, 6.07) is -1.84. The smallest absolute Gasteiger partial charge is 0.322 e. The molecule has 2 saturated heterocycles. The average molecular weight is 278 g/mol. The van der Waals surface area contributed by atoms with Gasteiger partial charge in [-0.1, -0.05) is 0 Å². The minimum atomic E-state index is -3.38. The molecule has 1 amide bonds. The summed E-state index contributed by atoms with van der Waals surface area (Å²) in [5.74, 6) is -2.22. The summed E-state index contributed by atoms with van der Waals surface area (Å²) >= 11 is 0. The Labute approximate surface area is 103 Å². The van der Waals surface area contributed by atoms with Crippen LogP contribution >= 0.6 is 0 Å². The Morgan fingerprint density at radius 1 is 1.39 bits per heavy atom. The monoisotopic (exact) mass is 278 g/mol. The van der Waals surface area contributed by atoms with Crippen molar-refractivity contribution >= 4 is 21.7 Å². The predicted molar refractivity (Wildman–Crippen MR) is 59.6 cm³/mol. The van der Waals surface area contributed by atoms with E-state index in [9.17, 15) is 23.1 Å². The Morgan fingerprint density at radius 3 is 2.56 bits per heavy atom. The van der Waals surface area contributed by atoms with Crippen LogP contribution in [0.2, 0.25) is 0 Å². The van der Waals surface area contributed by atoms with Gasteiger partial charge in [-0.2, -0.15) is 0 Å². The summed E-state index contributed by atoms with van der Waals surface area (Å²) in [7, 11) is -3.38.